The topological polar surface area (TPSA) is 35.5 Å². The van der Waals surface area contributed by atoms with Gasteiger partial charge in [0.05, 0.1) is 13.2 Å². The van der Waals surface area contributed by atoms with Gasteiger partial charge in [-0.05, 0) is 13.3 Å². The van der Waals surface area contributed by atoms with E-state index in [1.54, 1.807) is 19.1 Å². The van der Waals surface area contributed by atoms with Gasteiger partial charge in [-0.15, -0.1) is 0 Å². The number of carbonyl (C=O) groups excluding carboxylic acids is 1. The van der Waals surface area contributed by atoms with Gasteiger partial charge in [-0.25, -0.2) is 4.79 Å². The molecule has 0 unspecified atom stereocenters. The van der Waals surface area contributed by atoms with Crippen molar-refractivity contribution in [2.75, 3.05) is 13.2 Å². The van der Waals surface area contributed by atoms with Crippen LogP contribution >= 0.6 is 0 Å². The molecule has 0 aromatic heterocycles. The number of hydrogen-bond acceptors (Lipinski definition) is 3. The maximum Gasteiger partial charge on any atom is 0.508 e. The van der Waals surface area contributed by atoms with Gasteiger partial charge in [-0.2, -0.15) is 0 Å². The molecule has 3 heteroatoms. The molecule has 0 aromatic carbocycles. The molecule has 12 heavy (non-hydrogen) atoms. The van der Waals surface area contributed by atoms with E-state index in [0.29, 0.717) is 19.6 Å². The Kier molecular flexibility index (Phi) is 7.03. The highest BCUT2D eigenvalue weighted by Gasteiger charge is 1.98. The molecule has 0 atom stereocenters. The molecule has 0 aliphatic rings. The predicted octanol–water partition coefficient (Wildman–Crippen LogP) is 2.29. The molecular weight excluding hydrogens is 156 g/mol. The van der Waals surface area contributed by atoms with E-state index in [1.165, 1.54) is 0 Å². The van der Waals surface area contributed by atoms with Crippen molar-refractivity contribution in [3.8, 4) is 0 Å². The fraction of sp³-hybridized carbons (Fsp3) is 0.444. The molecule has 68 valence electrons. The molecule has 0 fully saturated rings. The molecule has 0 saturated carbocycles. The largest absolute Gasteiger partial charge is 0.508 e. The lowest BCUT2D eigenvalue weighted by molar-refractivity contribution is 0.0604. The lowest BCUT2D eigenvalue weighted by atomic mass is 10.4. The zero-order valence-corrected chi connectivity index (χ0v) is 7.29. The van der Waals surface area contributed by atoms with Crippen molar-refractivity contribution >= 4 is 6.16 Å². The van der Waals surface area contributed by atoms with Gasteiger partial charge in [-0.1, -0.05) is 24.8 Å². The summed E-state index contributed by atoms with van der Waals surface area (Å²) in [5, 5.41) is 0. The summed E-state index contributed by atoms with van der Waals surface area (Å²) >= 11 is 0. The van der Waals surface area contributed by atoms with Gasteiger partial charge in [0.15, 0.2) is 0 Å². The van der Waals surface area contributed by atoms with Crippen molar-refractivity contribution in [2.45, 2.75) is 13.3 Å². The van der Waals surface area contributed by atoms with Crippen LogP contribution in [0.15, 0.2) is 24.8 Å². The van der Waals surface area contributed by atoms with Gasteiger partial charge in [0.2, 0.25) is 0 Å². The van der Waals surface area contributed by atoms with Gasteiger partial charge < -0.3 is 9.47 Å². The maximum atomic E-state index is 10.6. The summed E-state index contributed by atoms with van der Waals surface area (Å²) < 4.78 is 9.23. The average Bonchev–Trinajstić information content (AvgIpc) is 2.05. The van der Waals surface area contributed by atoms with Crippen molar-refractivity contribution in [1.82, 2.24) is 0 Å². The quantitative estimate of drug-likeness (QED) is 0.361. The van der Waals surface area contributed by atoms with Crippen LogP contribution in [0.5, 0.6) is 0 Å². The third kappa shape index (κ3) is 6.86. The monoisotopic (exact) mass is 170 g/mol. The lowest BCUT2D eigenvalue weighted by Crippen LogP contribution is -2.07. The van der Waals surface area contributed by atoms with Gasteiger partial charge >= 0.3 is 6.16 Å². The first kappa shape index (κ1) is 10.8. The first-order valence-corrected chi connectivity index (χ1v) is 3.88. The molecule has 0 saturated heterocycles. The minimum Gasteiger partial charge on any atom is -0.435 e. The molecule has 3 nitrogen and oxygen atoms in total. The number of rotatable bonds is 5. The molecule has 0 bridgehead atoms. The van der Waals surface area contributed by atoms with E-state index in [-0.39, 0.29) is 0 Å². The van der Waals surface area contributed by atoms with Crippen LogP contribution in [0.1, 0.15) is 13.3 Å². The molecule has 0 spiro atoms. The summed E-state index contributed by atoms with van der Waals surface area (Å²) in [6, 6.07) is 0. The average molecular weight is 170 g/mol. The van der Waals surface area contributed by atoms with Crippen molar-refractivity contribution in [2.24, 2.45) is 0 Å². The second kappa shape index (κ2) is 7.85. The van der Waals surface area contributed by atoms with Crippen LogP contribution in [0.3, 0.4) is 0 Å². The predicted molar refractivity (Wildman–Crippen MR) is 46.9 cm³/mol. The minimum atomic E-state index is -0.607. The Morgan fingerprint density at radius 3 is 2.83 bits per heavy atom. The Morgan fingerprint density at radius 2 is 2.25 bits per heavy atom. The molecule has 0 aliphatic heterocycles. The van der Waals surface area contributed by atoms with Crippen molar-refractivity contribution < 1.29 is 14.3 Å². The van der Waals surface area contributed by atoms with Gasteiger partial charge in [0.1, 0.15) is 0 Å². The number of hydrogen-bond donors (Lipinski definition) is 0. The Balaban J connectivity index is 3.24. The van der Waals surface area contributed by atoms with Crippen LogP contribution in [0.4, 0.5) is 4.79 Å². The highest BCUT2D eigenvalue weighted by atomic mass is 16.7. The van der Waals surface area contributed by atoms with Crippen molar-refractivity contribution in [3.63, 3.8) is 0 Å². The standard InChI is InChI=1S/C9H14O3/c1-3-5-6-7-8-12-9(10)11-4-2/h3,5-6H,1,4,7-8H2,2H3/b6-5+. The van der Waals surface area contributed by atoms with Crippen LogP contribution in [0.25, 0.3) is 0 Å². The molecule has 0 amide bonds. The molecule has 0 aliphatic carbocycles. The Morgan fingerprint density at radius 1 is 1.50 bits per heavy atom. The van der Waals surface area contributed by atoms with Gasteiger partial charge in [0.25, 0.3) is 0 Å². The summed E-state index contributed by atoms with van der Waals surface area (Å²) in [6.45, 7) is 5.94. The molecule has 0 aromatic rings. The molecule has 0 rings (SSSR count). The summed E-state index contributed by atoms with van der Waals surface area (Å²) in [5.41, 5.74) is 0. The van der Waals surface area contributed by atoms with E-state index in [0.717, 1.165) is 0 Å². The maximum absolute atomic E-state index is 10.6. The van der Waals surface area contributed by atoms with Crippen LogP contribution in [0.2, 0.25) is 0 Å². The number of allylic oxidation sites excluding steroid dienone is 2. The number of ether oxygens (including phenoxy) is 2. The Labute approximate surface area is 72.7 Å². The summed E-state index contributed by atoms with van der Waals surface area (Å²) in [6.07, 6.45) is 5.42. The van der Waals surface area contributed by atoms with Crippen LogP contribution in [0, 0.1) is 0 Å². The second-order valence-corrected chi connectivity index (χ2v) is 1.98. The lowest BCUT2D eigenvalue weighted by Gasteiger charge is -2.01. The third-order valence-electron chi connectivity index (χ3n) is 1.04. The minimum absolute atomic E-state index is 0.349. The number of carbonyl (C=O) groups is 1. The van der Waals surface area contributed by atoms with E-state index in [1.807, 2.05) is 6.08 Å². The van der Waals surface area contributed by atoms with E-state index in [4.69, 9.17) is 0 Å². The molecule has 0 heterocycles. The smallest absolute Gasteiger partial charge is 0.435 e. The van der Waals surface area contributed by atoms with Gasteiger partial charge in [0, 0.05) is 0 Å². The van der Waals surface area contributed by atoms with E-state index >= 15 is 0 Å². The van der Waals surface area contributed by atoms with Crippen LogP contribution in [-0.4, -0.2) is 19.4 Å². The van der Waals surface area contributed by atoms with Crippen molar-refractivity contribution in [1.29, 1.82) is 0 Å². The van der Waals surface area contributed by atoms with Crippen LogP contribution in [-0.2, 0) is 9.47 Å². The van der Waals surface area contributed by atoms with E-state index in [2.05, 4.69) is 16.1 Å². The normalized spacial score (nSPS) is 9.75. The SMILES string of the molecule is C=C/C=C/CCOC(=O)OCC. The zero-order valence-electron chi connectivity index (χ0n) is 7.29. The summed E-state index contributed by atoms with van der Waals surface area (Å²) in [4.78, 5) is 10.6. The van der Waals surface area contributed by atoms with E-state index < -0.39 is 6.16 Å². The first-order valence-electron chi connectivity index (χ1n) is 3.88. The third-order valence-corrected chi connectivity index (χ3v) is 1.04. The second-order valence-electron chi connectivity index (χ2n) is 1.98. The van der Waals surface area contributed by atoms with E-state index in [9.17, 15) is 4.79 Å². The summed E-state index contributed by atoms with van der Waals surface area (Å²) in [5.74, 6) is 0. The molecule has 0 radical (unpaired) electrons. The van der Waals surface area contributed by atoms with Crippen LogP contribution < -0.4 is 0 Å². The Bertz CT molecular complexity index is 161. The van der Waals surface area contributed by atoms with Crippen molar-refractivity contribution in [3.05, 3.63) is 24.8 Å². The first-order chi connectivity index (χ1) is 5.81. The highest BCUT2D eigenvalue weighted by molar-refractivity contribution is 5.59. The Hall–Kier alpha value is -1.25. The fourth-order valence-electron chi connectivity index (χ4n) is 0.562. The zero-order chi connectivity index (χ0) is 9.23. The van der Waals surface area contributed by atoms with Gasteiger partial charge in [-0.3, -0.25) is 0 Å². The highest BCUT2D eigenvalue weighted by Crippen LogP contribution is 1.89. The summed E-state index contributed by atoms with van der Waals surface area (Å²) in [7, 11) is 0. The molecule has 0 N–H and O–H groups in total. The fourth-order valence-corrected chi connectivity index (χ4v) is 0.562. The molecular formula is C9H14O3.